The minimum atomic E-state index is -0.833. The van der Waals surface area contributed by atoms with Crippen LogP contribution in [0.2, 0.25) is 10.0 Å². The number of piperidine rings is 1. The maximum Gasteiger partial charge on any atom is 0.237 e. The molecule has 43 heavy (non-hydrogen) atoms. The lowest BCUT2D eigenvalue weighted by molar-refractivity contribution is -0.125. The molecule has 3 heterocycles. The van der Waals surface area contributed by atoms with Crippen molar-refractivity contribution in [3.63, 3.8) is 0 Å². The molecule has 0 bridgehead atoms. The summed E-state index contributed by atoms with van der Waals surface area (Å²) in [4.78, 5) is 53.0. The summed E-state index contributed by atoms with van der Waals surface area (Å²) < 4.78 is 1.85. The maximum atomic E-state index is 12.7. The number of fused-ring (bicyclic) bond motifs is 1. The number of hydrogen-bond donors (Lipinski definition) is 4. The van der Waals surface area contributed by atoms with Crippen molar-refractivity contribution in [3.05, 3.63) is 64.4 Å². The van der Waals surface area contributed by atoms with Crippen LogP contribution in [0.25, 0.3) is 28.2 Å². The van der Waals surface area contributed by atoms with Crippen LogP contribution < -0.4 is 27.0 Å². The third-order valence-electron chi connectivity index (χ3n) is 7.42. The Kier molecular flexibility index (Phi) is 8.81. The first-order valence-corrected chi connectivity index (χ1v) is 14.5. The van der Waals surface area contributed by atoms with Gasteiger partial charge in [-0.2, -0.15) is 0 Å². The molecule has 5 rings (SSSR count). The van der Waals surface area contributed by atoms with Gasteiger partial charge in [-0.15, -0.1) is 0 Å². The van der Waals surface area contributed by atoms with E-state index in [0.717, 1.165) is 0 Å². The number of nitrogens with one attached hydrogen (secondary N) is 2. The van der Waals surface area contributed by atoms with Crippen molar-refractivity contribution in [3.8, 4) is 17.1 Å². The van der Waals surface area contributed by atoms with Gasteiger partial charge in [0.05, 0.1) is 18.0 Å². The zero-order valence-electron chi connectivity index (χ0n) is 23.4. The fraction of sp³-hybridized carbons (Fsp3) is 0.310. The van der Waals surface area contributed by atoms with Gasteiger partial charge in [-0.1, -0.05) is 42.3 Å². The van der Waals surface area contributed by atoms with Crippen LogP contribution in [-0.2, 0) is 20.8 Å². The lowest BCUT2D eigenvalue weighted by atomic mass is 9.86. The van der Waals surface area contributed by atoms with Crippen LogP contribution in [0, 0.1) is 0 Å². The van der Waals surface area contributed by atoms with E-state index in [0.29, 0.717) is 76.6 Å². The molecule has 0 spiro atoms. The molecule has 0 saturated carbocycles. The van der Waals surface area contributed by atoms with Crippen molar-refractivity contribution in [2.75, 3.05) is 31.1 Å². The highest BCUT2D eigenvalue weighted by Gasteiger charge is 2.40. The number of benzene rings is 2. The van der Waals surface area contributed by atoms with Crippen molar-refractivity contribution >= 4 is 57.9 Å². The molecule has 224 valence electrons. The van der Waals surface area contributed by atoms with E-state index in [1.165, 1.54) is 0 Å². The van der Waals surface area contributed by atoms with E-state index in [1.807, 2.05) is 46.7 Å². The molecule has 3 amide bonds. The van der Waals surface area contributed by atoms with E-state index < -0.39 is 23.3 Å². The molecule has 0 unspecified atom stereocenters. The van der Waals surface area contributed by atoms with Gasteiger partial charge in [0, 0.05) is 29.4 Å². The molecule has 1 aliphatic rings. The zero-order chi connectivity index (χ0) is 30.7. The molecule has 1 saturated heterocycles. The summed E-state index contributed by atoms with van der Waals surface area (Å²) in [5, 5.41) is 6.80. The third kappa shape index (κ3) is 6.26. The number of hydrogen-bond acceptors (Lipinski definition) is 8. The fourth-order valence-corrected chi connectivity index (χ4v) is 5.63. The first-order chi connectivity index (χ1) is 20.6. The normalized spacial score (nSPS) is 14.5. The van der Waals surface area contributed by atoms with Gasteiger partial charge >= 0.3 is 0 Å². The lowest BCUT2D eigenvalue weighted by Gasteiger charge is -2.40. The van der Waals surface area contributed by atoms with Gasteiger partial charge in [-0.3, -0.25) is 19.0 Å². The number of likely N-dealkylation sites (N-methyl/N-ethyl adjacent to an activating group) is 1. The molecule has 14 heteroatoms. The number of halogens is 2. The SMILES string of the molecule is CCNC1(C(N)=O)CCN(c2nc(CC(=O)NCC(N)=O)nc3c2nc(-c2ccccc2Cl)n3-c2ccc(Cl)cc2)CC1. The van der Waals surface area contributed by atoms with Crippen molar-refractivity contribution in [2.24, 2.45) is 11.5 Å². The fourth-order valence-electron chi connectivity index (χ4n) is 5.29. The number of rotatable bonds is 10. The third-order valence-corrected chi connectivity index (χ3v) is 8.00. The van der Waals surface area contributed by atoms with E-state index in [-0.39, 0.29) is 18.8 Å². The van der Waals surface area contributed by atoms with E-state index in [2.05, 4.69) is 10.6 Å². The maximum absolute atomic E-state index is 12.7. The van der Waals surface area contributed by atoms with E-state index in [9.17, 15) is 14.4 Å². The first-order valence-electron chi connectivity index (χ1n) is 13.8. The van der Waals surface area contributed by atoms with Gasteiger partial charge in [0.1, 0.15) is 17.2 Å². The number of carbonyl (C=O) groups is 3. The van der Waals surface area contributed by atoms with Crippen LogP contribution in [0.5, 0.6) is 0 Å². The summed E-state index contributed by atoms with van der Waals surface area (Å²) in [5.74, 6) is -0.303. The first kappa shape index (κ1) is 30.2. The van der Waals surface area contributed by atoms with Crippen LogP contribution >= 0.6 is 23.2 Å². The number of imidazole rings is 1. The number of nitrogens with two attached hydrogens (primary N) is 2. The number of amides is 3. The number of primary amides is 2. The van der Waals surface area contributed by atoms with Crippen molar-refractivity contribution in [2.45, 2.75) is 31.7 Å². The highest BCUT2D eigenvalue weighted by Crippen LogP contribution is 2.36. The minimum absolute atomic E-state index is 0.208. The second kappa shape index (κ2) is 12.5. The molecule has 2 aromatic carbocycles. The molecule has 1 aliphatic heterocycles. The molecule has 2 aromatic heterocycles. The molecule has 4 aromatic rings. The number of anilines is 1. The second-order valence-corrected chi connectivity index (χ2v) is 11.1. The highest BCUT2D eigenvalue weighted by molar-refractivity contribution is 6.33. The van der Waals surface area contributed by atoms with Crippen molar-refractivity contribution in [1.82, 2.24) is 30.2 Å². The summed E-state index contributed by atoms with van der Waals surface area (Å²) in [6.45, 7) is 3.12. The number of nitrogens with zero attached hydrogens (tertiary/aromatic N) is 5. The van der Waals surface area contributed by atoms with Crippen molar-refractivity contribution < 1.29 is 14.4 Å². The Balaban J connectivity index is 1.69. The van der Waals surface area contributed by atoms with Crippen LogP contribution in [0.3, 0.4) is 0 Å². The number of carbonyl (C=O) groups excluding carboxylic acids is 3. The minimum Gasteiger partial charge on any atom is -0.368 e. The topological polar surface area (TPSA) is 174 Å². The Hall–Kier alpha value is -4.26. The van der Waals surface area contributed by atoms with Crippen LogP contribution in [-0.4, -0.2) is 69.0 Å². The average molecular weight is 625 g/mol. The summed E-state index contributed by atoms with van der Waals surface area (Å²) in [6.07, 6.45) is 0.691. The Bertz CT molecular complexity index is 1680. The van der Waals surface area contributed by atoms with Crippen LogP contribution in [0.15, 0.2) is 48.5 Å². The van der Waals surface area contributed by atoms with Gasteiger partial charge in [0.25, 0.3) is 0 Å². The lowest BCUT2D eigenvalue weighted by Crippen LogP contribution is -2.61. The molecule has 0 radical (unpaired) electrons. The van der Waals surface area contributed by atoms with Gasteiger partial charge in [-0.25, -0.2) is 15.0 Å². The zero-order valence-corrected chi connectivity index (χ0v) is 25.0. The summed E-state index contributed by atoms with van der Waals surface area (Å²) in [5.41, 5.74) is 12.5. The predicted octanol–water partition coefficient (Wildman–Crippen LogP) is 2.37. The summed E-state index contributed by atoms with van der Waals surface area (Å²) in [6, 6.07) is 14.5. The summed E-state index contributed by atoms with van der Waals surface area (Å²) in [7, 11) is 0. The Labute approximate surface area is 257 Å². The van der Waals surface area contributed by atoms with Crippen LogP contribution in [0.1, 0.15) is 25.6 Å². The predicted molar refractivity (Wildman–Crippen MR) is 165 cm³/mol. The van der Waals surface area contributed by atoms with Gasteiger partial charge in [-0.05, 0) is 55.8 Å². The summed E-state index contributed by atoms with van der Waals surface area (Å²) >= 11 is 12.9. The average Bonchev–Trinajstić information content (AvgIpc) is 3.36. The molecule has 0 aliphatic carbocycles. The Morgan fingerprint density at radius 1 is 0.977 bits per heavy atom. The highest BCUT2D eigenvalue weighted by atomic mass is 35.5. The largest absolute Gasteiger partial charge is 0.368 e. The smallest absolute Gasteiger partial charge is 0.237 e. The molecule has 0 atom stereocenters. The Morgan fingerprint density at radius 2 is 1.67 bits per heavy atom. The van der Waals surface area contributed by atoms with Crippen molar-refractivity contribution in [1.29, 1.82) is 0 Å². The second-order valence-electron chi connectivity index (χ2n) is 10.2. The molecular weight excluding hydrogens is 593 g/mol. The quantitative estimate of drug-likeness (QED) is 0.208. The standard InChI is InChI=1S/C29H31Cl2N9O3/c1-2-35-29(28(33)43)11-13-39(14-12-29)26-24-27(37-22(36-26)15-23(42)34-16-21(32)41)40(18-9-7-17(30)8-10-18)25(38-24)19-5-3-4-6-20(19)31/h3-10,35H,2,11-16H2,1H3,(H2,32,41)(H2,33,43)(H,34,42). The monoisotopic (exact) mass is 623 g/mol. The Morgan fingerprint density at radius 3 is 2.30 bits per heavy atom. The van der Waals surface area contributed by atoms with E-state index in [1.54, 1.807) is 18.2 Å². The van der Waals surface area contributed by atoms with Gasteiger partial charge < -0.3 is 27.0 Å². The van der Waals surface area contributed by atoms with E-state index >= 15 is 0 Å². The van der Waals surface area contributed by atoms with E-state index in [4.69, 9.17) is 49.6 Å². The molecule has 12 nitrogen and oxygen atoms in total. The molecule has 6 N–H and O–H groups in total. The van der Waals surface area contributed by atoms with Gasteiger partial charge in [0.15, 0.2) is 17.0 Å². The van der Waals surface area contributed by atoms with Crippen LogP contribution in [0.4, 0.5) is 5.82 Å². The number of aromatic nitrogens is 4. The van der Waals surface area contributed by atoms with Gasteiger partial charge in [0.2, 0.25) is 17.7 Å². The molecular formula is C29H31Cl2N9O3. The molecule has 1 fully saturated rings.